The summed E-state index contributed by atoms with van der Waals surface area (Å²) in [5.74, 6) is -0.107. The minimum absolute atomic E-state index is 0.107. The summed E-state index contributed by atoms with van der Waals surface area (Å²) in [6.45, 7) is 10.6. The third-order valence-electron chi connectivity index (χ3n) is 3.14. The van der Waals surface area contributed by atoms with Crippen molar-refractivity contribution in [1.82, 2.24) is 15.2 Å². The number of hydrogen-bond acceptors (Lipinski definition) is 3. The number of carbonyl (C=O) groups is 1. The lowest BCUT2D eigenvalue weighted by Crippen LogP contribution is -2.33. The van der Waals surface area contributed by atoms with Crippen LogP contribution in [0.5, 0.6) is 0 Å². The minimum atomic E-state index is -0.137. The van der Waals surface area contributed by atoms with Crippen molar-refractivity contribution < 1.29 is 4.79 Å². The molecule has 0 saturated carbocycles. The predicted molar refractivity (Wildman–Crippen MR) is 83.5 cm³/mol. The second-order valence-electron chi connectivity index (χ2n) is 5.97. The molecule has 1 aromatic heterocycles. The first-order valence-electron chi connectivity index (χ1n) is 6.89. The topological polar surface area (TPSA) is 45.2 Å². The van der Waals surface area contributed by atoms with Crippen LogP contribution >= 0.6 is 11.6 Å². The molecule has 0 spiro atoms. The van der Waals surface area contributed by atoms with Crippen LogP contribution in [0.3, 0.4) is 0 Å². The Labute approximate surface area is 126 Å². The molecule has 0 unspecified atom stereocenters. The number of rotatable bonds is 5. The van der Waals surface area contributed by atoms with Crippen LogP contribution in [0.1, 0.15) is 43.7 Å². The zero-order chi connectivity index (χ0) is 15.3. The van der Waals surface area contributed by atoms with Crippen LogP contribution < -0.4 is 5.32 Å². The van der Waals surface area contributed by atoms with Crippen molar-refractivity contribution in [3.05, 3.63) is 28.5 Å². The van der Waals surface area contributed by atoms with E-state index in [-0.39, 0.29) is 11.3 Å². The standard InChI is InChI=1S/C15H24ClN3O/c1-6-19(5)8-7-17-14(20)11-9-12(15(2,3)4)18-13(16)10-11/h9-10H,6-8H2,1-5H3,(H,17,20). The van der Waals surface area contributed by atoms with E-state index in [4.69, 9.17) is 11.6 Å². The van der Waals surface area contributed by atoms with E-state index in [0.29, 0.717) is 17.3 Å². The van der Waals surface area contributed by atoms with Gasteiger partial charge in [-0.05, 0) is 25.7 Å². The van der Waals surface area contributed by atoms with Crippen LogP contribution in [0.25, 0.3) is 0 Å². The fourth-order valence-electron chi connectivity index (χ4n) is 1.63. The van der Waals surface area contributed by atoms with Crippen molar-refractivity contribution in [2.24, 2.45) is 0 Å². The molecule has 0 fully saturated rings. The largest absolute Gasteiger partial charge is 0.351 e. The summed E-state index contributed by atoms with van der Waals surface area (Å²) in [4.78, 5) is 18.6. The van der Waals surface area contributed by atoms with Crippen molar-refractivity contribution in [2.75, 3.05) is 26.7 Å². The molecule has 112 valence electrons. The van der Waals surface area contributed by atoms with Crippen LogP contribution in [-0.2, 0) is 5.41 Å². The van der Waals surface area contributed by atoms with Crippen LogP contribution in [0.2, 0.25) is 5.15 Å². The van der Waals surface area contributed by atoms with Gasteiger partial charge in [0.15, 0.2) is 0 Å². The van der Waals surface area contributed by atoms with Crippen LogP contribution in [0.15, 0.2) is 12.1 Å². The molecule has 1 N–H and O–H groups in total. The fraction of sp³-hybridized carbons (Fsp3) is 0.600. The van der Waals surface area contributed by atoms with Crippen LogP contribution in [-0.4, -0.2) is 42.5 Å². The minimum Gasteiger partial charge on any atom is -0.351 e. The van der Waals surface area contributed by atoms with Crippen LogP contribution in [0.4, 0.5) is 0 Å². The Morgan fingerprint density at radius 1 is 1.40 bits per heavy atom. The Hall–Kier alpha value is -1.13. The lowest BCUT2D eigenvalue weighted by molar-refractivity contribution is 0.0950. The van der Waals surface area contributed by atoms with Gasteiger partial charge >= 0.3 is 0 Å². The van der Waals surface area contributed by atoms with Gasteiger partial charge < -0.3 is 10.2 Å². The normalized spacial score (nSPS) is 11.8. The van der Waals surface area contributed by atoms with Crippen molar-refractivity contribution in [3.8, 4) is 0 Å². The van der Waals surface area contributed by atoms with E-state index < -0.39 is 0 Å². The average molecular weight is 298 g/mol. The van der Waals surface area contributed by atoms with Gasteiger partial charge in [-0.3, -0.25) is 4.79 Å². The Morgan fingerprint density at radius 3 is 2.60 bits per heavy atom. The van der Waals surface area contributed by atoms with E-state index in [1.807, 2.05) is 33.9 Å². The molecule has 0 radical (unpaired) electrons. The van der Waals surface area contributed by atoms with Crippen molar-refractivity contribution >= 4 is 17.5 Å². The van der Waals surface area contributed by atoms with Gasteiger partial charge in [-0.15, -0.1) is 0 Å². The molecule has 1 amide bonds. The second kappa shape index (κ2) is 7.04. The molecular weight excluding hydrogens is 274 g/mol. The highest BCUT2D eigenvalue weighted by molar-refractivity contribution is 6.29. The number of amides is 1. The summed E-state index contributed by atoms with van der Waals surface area (Å²) in [5, 5.41) is 3.26. The van der Waals surface area contributed by atoms with Gasteiger partial charge in [0.25, 0.3) is 5.91 Å². The zero-order valence-electron chi connectivity index (χ0n) is 13.0. The summed E-state index contributed by atoms with van der Waals surface area (Å²) in [6.07, 6.45) is 0. The number of pyridine rings is 1. The summed E-state index contributed by atoms with van der Waals surface area (Å²) in [6, 6.07) is 3.42. The maximum absolute atomic E-state index is 12.1. The number of carbonyl (C=O) groups excluding carboxylic acids is 1. The quantitative estimate of drug-likeness (QED) is 0.850. The number of aromatic nitrogens is 1. The molecule has 0 saturated heterocycles. The average Bonchev–Trinajstić information content (AvgIpc) is 2.36. The highest BCUT2D eigenvalue weighted by Crippen LogP contribution is 2.23. The summed E-state index contributed by atoms with van der Waals surface area (Å²) < 4.78 is 0. The number of nitrogens with zero attached hydrogens (tertiary/aromatic N) is 2. The molecule has 0 atom stereocenters. The first-order valence-corrected chi connectivity index (χ1v) is 7.26. The molecule has 5 heteroatoms. The van der Waals surface area contributed by atoms with E-state index in [1.54, 1.807) is 6.07 Å². The predicted octanol–water partition coefficient (Wildman–Crippen LogP) is 2.71. The highest BCUT2D eigenvalue weighted by atomic mass is 35.5. The van der Waals surface area contributed by atoms with Gasteiger partial charge in [0.05, 0.1) is 0 Å². The maximum Gasteiger partial charge on any atom is 0.251 e. The Bertz CT molecular complexity index is 469. The zero-order valence-corrected chi connectivity index (χ0v) is 13.7. The molecule has 4 nitrogen and oxygen atoms in total. The van der Waals surface area contributed by atoms with E-state index in [2.05, 4.69) is 22.1 Å². The molecule has 0 aliphatic heterocycles. The van der Waals surface area contributed by atoms with E-state index >= 15 is 0 Å². The Morgan fingerprint density at radius 2 is 2.05 bits per heavy atom. The van der Waals surface area contributed by atoms with E-state index in [1.165, 1.54) is 0 Å². The highest BCUT2D eigenvalue weighted by Gasteiger charge is 2.18. The summed E-state index contributed by atoms with van der Waals surface area (Å²) >= 11 is 6.01. The van der Waals surface area contributed by atoms with Crippen molar-refractivity contribution in [2.45, 2.75) is 33.1 Å². The monoisotopic (exact) mass is 297 g/mol. The molecule has 1 aromatic rings. The summed E-state index contributed by atoms with van der Waals surface area (Å²) in [5.41, 5.74) is 1.25. The molecule has 1 heterocycles. The lowest BCUT2D eigenvalue weighted by atomic mass is 9.91. The Balaban J connectivity index is 2.76. The van der Waals surface area contributed by atoms with Crippen molar-refractivity contribution in [3.63, 3.8) is 0 Å². The third kappa shape index (κ3) is 5.10. The SMILES string of the molecule is CCN(C)CCNC(=O)c1cc(Cl)nc(C(C)(C)C)c1. The number of likely N-dealkylation sites (N-methyl/N-ethyl adjacent to an activating group) is 1. The molecule has 0 bridgehead atoms. The molecule has 0 aliphatic carbocycles. The van der Waals surface area contributed by atoms with Crippen LogP contribution in [0, 0.1) is 0 Å². The number of halogens is 1. The Kier molecular flexibility index (Phi) is 5.96. The number of hydrogen-bond donors (Lipinski definition) is 1. The van der Waals surface area contributed by atoms with Crippen molar-refractivity contribution in [1.29, 1.82) is 0 Å². The summed E-state index contributed by atoms with van der Waals surface area (Å²) in [7, 11) is 2.02. The maximum atomic E-state index is 12.1. The first kappa shape index (κ1) is 16.9. The van der Waals surface area contributed by atoms with Gasteiger partial charge in [-0.2, -0.15) is 0 Å². The third-order valence-corrected chi connectivity index (χ3v) is 3.34. The molecule has 0 aromatic carbocycles. The lowest BCUT2D eigenvalue weighted by Gasteiger charge is -2.19. The number of nitrogens with one attached hydrogen (secondary N) is 1. The molecular formula is C15H24ClN3O. The molecule has 1 rings (SSSR count). The van der Waals surface area contributed by atoms with Gasteiger partial charge in [0.1, 0.15) is 5.15 Å². The van der Waals surface area contributed by atoms with Gasteiger partial charge in [0, 0.05) is 29.8 Å². The van der Waals surface area contributed by atoms with Gasteiger partial charge in [-0.25, -0.2) is 4.98 Å². The molecule has 0 aliphatic rings. The van der Waals surface area contributed by atoms with Gasteiger partial charge in [-0.1, -0.05) is 39.3 Å². The van der Waals surface area contributed by atoms with E-state index in [0.717, 1.165) is 18.8 Å². The second-order valence-corrected chi connectivity index (χ2v) is 6.35. The van der Waals surface area contributed by atoms with Gasteiger partial charge in [0.2, 0.25) is 0 Å². The first-order chi connectivity index (χ1) is 9.24. The molecule has 20 heavy (non-hydrogen) atoms. The smallest absolute Gasteiger partial charge is 0.251 e. The van der Waals surface area contributed by atoms with E-state index in [9.17, 15) is 4.79 Å². The fourth-order valence-corrected chi connectivity index (χ4v) is 1.84.